The van der Waals surface area contributed by atoms with Gasteiger partial charge in [0.15, 0.2) is 0 Å². The van der Waals surface area contributed by atoms with Gasteiger partial charge in [-0.1, -0.05) is 25.3 Å². The Morgan fingerprint density at radius 2 is 1.07 bits per heavy atom. The van der Waals surface area contributed by atoms with Crippen LogP contribution in [0.4, 0.5) is 0 Å². The first-order valence-corrected chi connectivity index (χ1v) is 13.9. The van der Waals surface area contributed by atoms with Crippen molar-refractivity contribution in [2.24, 2.45) is 0 Å². The number of hydrogen-bond donors (Lipinski definition) is 4. The van der Waals surface area contributed by atoms with E-state index in [1.165, 1.54) is 0 Å². The summed E-state index contributed by atoms with van der Waals surface area (Å²) in [6.45, 7) is 16.1. The monoisotopic (exact) mass is 589 g/mol. The van der Waals surface area contributed by atoms with Crippen LogP contribution in [0.25, 0.3) is 56.5 Å². The first-order valence-electron chi connectivity index (χ1n) is 13.9. The van der Waals surface area contributed by atoms with E-state index in [0.29, 0.717) is 24.2 Å². The SMILES string of the molecule is C=Cc1c(C)c2cc3[nH]c(cc4nc(cc5nc(cc1[nH]2)C(C)=C5CCC(=O)O)C(CCC(=O)O)=C4C)c(C)c3C=C.[Al]. The number of nitrogens with zero attached hydrogens (tertiary/aromatic N) is 2. The van der Waals surface area contributed by atoms with Gasteiger partial charge in [0.25, 0.3) is 0 Å². The highest BCUT2D eigenvalue weighted by molar-refractivity contribution is 5.97. The fraction of sp³-hybridized carbons (Fsp3) is 0.235. The molecule has 43 heavy (non-hydrogen) atoms. The molecule has 3 radical (unpaired) electrons. The number of carbonyl (C=O) groups is 2. The van der Waals surface area contributed by atoms with Crippen LogP contribution < -0.4 is 0 Å². The van der Waals surface area contributed by atoms with E-state index in [2.05, 4.69) is 29.2 Å². The summed E-state index contributed by atoms with van der Waals surface area (Å²) in [5.74, 6) is -1.78. The summed E-state index contributed by atoms with van der Waals surface area (Å²) >= 11 is 0. The van der Waals surface area contributed by atoms with E-state index in [-0.39, 0.29) is 30.2 Å². The molecule has 0 saturated carbocycles. The smallest absolute Gasteiger partial charge is 0.303 e. The fourth-order valence-electron chi connectivity index (χ4n) is 5.77. The van der Waals surface area contributed by atoms with Crippen molar-refractivity contribution in [1.82, 2.24) is 19.9 Å². The lowest BCUT2D eigenvalue weighted by atomic mass is 9.98. The number of aromatic amines is 2. The molecule has 0 spiro atoms. The first-order chi connectivity index (χ1) is 20.0. The number of aliphatic carboxylic acids is 2. The molecular formula is C34H34AlN4O4. The molecule has 5 rings (SSSR count). The van der Waals surface area contributed by atoms with Crippen LogP contribution in [0, 0.1) is 13.8 Å². The minimum absolute atomic E-state index is 0. The molecule has 8 nitrogen and oxygen atoms in total. The Kier molecular flexibility index (Phi) is 9.10. The van der Waals surface area contributed by atoms with Crippen molar-refractivity contribution < 1.29 is 19.8 Å². The summed E-state index contributed by atoms with van der Waals surface area (Å²) in [7, 11) is 0. The van der Waals surface area contributed by atoms with Crippen molar-refractivity contribution in [3.05, 3.63) is 82.5 Å². The molecule has 0 atom stereocenters. The topological polar surface area (TPSA) is 132 Å². The molecule has 0 amide bonds. The van der Waals surface area contributed by atoms with Crippen molar-refractivity contribution in [2.45, 2.75) is 53.4 Å². The molecule has 0 saturated heterocycles. The summed E-state index contributed by atoms with van der Waals surface area (Å²) < 4.78 is 0. The maximum atomic E-state index is 11.5. The summed E-state index contributed by atoms with van der Waals surface area (Å²) in [6, 6.07) is 7.88. The zero-order chi connectivity index (χ0) is 30.3. The molecule has 0 unspecified atom stereocenters. The molecule has 2 aliphatic heterocycles. The Morgan fingerprint density at radius 1 is 0.674 bits per heavy atom. The highest BCUT2D eigenvalue weighted by Gasteiger charge is 2.22. The molecule has 0 aromatic carbocycles. The number of nitrogens with one attached hydrogen (secondary N) is 2. The van der Waals surface area contributed by atoms with Gasteiger partial charge in [-0.2, -0.15) is 0 Å². The van der Waals surface area contributed by atoms with Gasteiger partial charge in [0.2, 0.25) is 0 Å². The fourth-order valence-corrected chi connectivity index (χ4v) is 5.77. The van der Waals surface area contributed by atoms with Crippen molar-refractivity contribution in [3.63, 3.8) is 0 Å². The maximum Gasteiger partial charge on any atom is 0.303 e. The average Bonchev–Trinajstić information content (AvgIpc) is 3.59. The largest absolute Gasteiger partial charge is 0.481 e. The van der Waals surface area contributed by atoms with Gasteiger partial charge in [-0.15, -0.1) is 0 Å². The van der Waals surface area contributed by atoms with E-state index in [0.717, 1.165) is 78.0 Å². The first kappa shape index (κ1) is 31.5. The zero-order valence-electron chi connectivity index (χ0n) is 24.9. The number of rotatable bonds is 8. The molecule has 5 heterocycles. The summed E-state index contributed by atoms with van der Waals surface area (Å²) in [5.41, 5.74) is 13.7. The summed E-state index contributed by atoms with van der Waals surface area (Å²) in [4.78, 5) is 40.0. The number of aryl methyl sites for hydroxylation is 2. The lowest BCUT2D eigenvalue weighted by Gasteiger charge is -2.05. The molecule has 4 N–H and O–H groups in total. The molecule has 217 valence electrons. The van der Waals surface area contributed by atoms with E-state index < -0.39 is 11.9 Å². The van der Waals surface area contributed by atoms with Crippen molar-refractivity contribution in [2.75, 3.05) is 0 Å². The van der Waals surface area contributed by atoms with Crippen molar-refractivity contribution >= 4 is 85.8 Å². The van der Waals surface area contributed by atoms with Crippen LogP contribution in [0.5, 0.6) is 0 Å². The van der Waals surface area contributed by atoms with Crippen LogP contribution in [0.3, 0.4) is 0 Å². The minimum Gasteiger partial charge on any atom is -0.481 e. The third kappa shape index (κ3) is 5.92. The van der Waals surface area contributed by atoms with Crippen LogP contribution in [0.2, 0.25) is 0 Å². The molecule has 0 fully saturated rings. The van der Waals surface area contributed by atoms with Gasteiger partial charge in [-0.25, -0.2) is 9.97 Å². The molecule has 3 aromatic rings. The number of carboxylic acid groups (broad SMARTS) is 2. The standard InChI is InChI=1S/C34H34N4O4.Al/c1-7-21-17(3)25-13-26-19(5)23(9-11-33(39)40)31(37-26)16-32-24(10-12-34(41)42)20(6)28(38-32)15-30-22(8-2)18(4)27(36-30)14-29(21)35-25;/h7-8,13-16,35-36H,1-2,9-12H2,3-6H3,(H,39,40)(H,41,42);. The molecule has 0 aliphatic carbocycles. The predicted molar refractivity (Wildman–Crippen MR) is 175 cm³/mol. The lowest BCUT2D eigenvalue weighted by Crippen LogP contribution is -1.97. The van der Waals surface area contributed by atoms with E-state index >= 15 is 0 Å². The second-order valence-electron chi connectivity index (χ2n) is 10.7. The molecule has 2 aliphatic rings. The Hall–Kier alpha value is -4.45. The van der Waals surface area contributed by atoms with Crippen LogP contribution in [0.15, 0.2) is 37.4 Å². The zero-order valence-corrected chi connectivity index (χ0v) is 26.0. The highest BCUT2D eigenvalue weighted by atomic mass is 27.0. The van der Waals surface area contributed by atoms with Gasteiger partial charge < -0.3 is 20.2 Å². The van der Waals surface area contributed by atoms with E-state index in [1.807, 2.05) is 58.0 Å². The average molecular weight is 590 g/mol. The highest BCUT2D eigenvalue weighted by Crippen LogP contribution is 2.38. The minimum atomic E-state index is -0.889. The third-order valence-electron chi connectivity index (χ3n) is 8.22. The second-order valence-corrected chi connectivity index (χ2v) is 10.7. The normalized spacial score (nSPS) is 12.7. The molecule has 8 bridgehead atoms. The molecular weight excluding hydrogens is 555 g/mol. The molecule has 9 heteroatoms. The van der Waals surface area contributed by atoms with Crippen LogP contribution >= 0.6 is 0 Å². The number of allylic oxidation sites excluding steroid dienone is 4. The Balaban J connectivity index is 0.00000423. The van der Waals surface area contributed by atoms with Crippen molar-refractivity contribution in [1.29, 1.82) is 0 Å². The molecule has 3 aromatic heterocycles. The lowest BCUT2D eigenvalue weighted by molar-refractivity contribution is -0.137. The van der Waals surface area contributed by atoms with Gasteiger partial charge in [0.1, 0.15) is 0 Å². The summed E-state index contributed by atoms with van der Waals surface area (Å²) in [6.07, 6.45) is 4.20. The number of aromatic nitrogens is 4. The Morgan fingerprint density at radius 3 is 1.49 bits per heavy atom. The Bertz CT molecular complexity index is 1920. The van der Waals surface area contributed by atoms with Gasteiger partial charge in [-0.05, 0) is 98.2 Å². The van der Waals surface area contributed by atoms with Crippen LogP contribution in [-0.2, 0) is 9.59 Å². The van der Waals surface area contributed by atoms with Crippen LogP contribution in [0.1, 0.15) is 84.6 Å². The third-order valence-corrected chi connectivity index (χ3v) is 8.22. The summed E-state index contributed by atoms with van der Waals surface area (Å²) in [5, 5.41) is 18.9. The van der Waals surface area contributed by atoms with Gasteiger partial charge in [0.05, 0.1) is 22.8 Å². The number of carboxylic acids is 2. The van der Waals surface area contributed by atoms with Gasteiger partial charge in [0, 0.05) is 63.4 Å². The van der Waals surface area contributed by atoms with E-state index in [1.54, 1.807) is 0 Å². The van der Waals surface area contributed by atoms with Gasteiger partial charge >= 0.3 is 11.9 Å². The maximum absolute atomic E-state index is 11.5. The second kappa shape index (κ2) is 12.4. The number of fused-ring (bicyclic) bond motifs is 8. The van der Waals surface area contributed by atoms with E-state index in [4.69, 9.17) is 9.97 Å². The quantitative estimate of drug-likeness (QED) is 0.202. The van der Waals surface area contributed by atoms with Crippen LogP contribution in [-0.4, -0.2) is 59.4 Å². The number of H-pyrrole nitrogens is 2. The van der Waals surface area contributed by atoms with E-state index in [9.17, 15) is 19.8 Å². The van der Waals surface area contributed by atoms with Crippen molar-refractivity contribution in [3.8, 4) is 0 Å². The predicted octanol–water partition coefficient (Wildman–Crippen LogP) is 7.43. The van der Waals surface area contributed by atoms with Gasteiger partial charge in [-0.3, -0.25) is 9.59 Å². The Labute approximate surface area is 260 Å². The number of hydrogen-bond acceptors (Lipinski definition) is 4.